The molecule has 20 heavy (non-hydrogen) atoms. The van der Waals surface area contributed by atoms with Crippen molar-refractivity contribution in [2.24, 2.45) is 5.92 Å². The smallest absolute Gasteiger partial charge is 0.406 e. The number of carbonyl (C=O) groups is 1. The molecule has 0 radical (unpaired) electrons. The Hall–Kier alpha value is -1.47. The molecule has 1 aliphatic rings. The molecular formula is C12H14ClF3N2O2. The lowest BCUT2D eigenvalue weighted by atomic mass is 10.1. The summed E-state index contributed by atoms with van der Waals surface area (Å²) in [5.41, 5.74) is 0.450. The molecule has 1 amide bonds. The predicted octanol–water partition coefficient (Wildman–Crippen LogP) is 2.55. The van der Waals surface area contributed by atoms with Crippen LogP contribution in [0.3, 0.4) is 0 Å². The van der Waals surface area contributed by atoms with Crippen molar-refractivity contribution < 1.29 is 22.7 Å². The Bertz CT molecular complexity index is 445. The first-order valence-electron chi connectivity index (χ1n) is 5.81. The van der Waals surface area contributed by atoms with Crippen LogP contribution >= 0.6 is 12.4 Å². The molecule has 0 spiro atoms. The molecule has 0 aromatic heterocycles. The summed E-state index contributed by atoms with van der Waals surface area (Å²) in [5.74, 6) is -0.534. The van der Waals surface area contributed by atoms with Gasteiger partial charge in [-0.25, -0.2) is 0 Å². The van der Waals surface area contributed by atoms with Crippen LogP contribution in [0.15, 0.2) is 24.3 Å². The topological polar surface area (TPSA) is 50.4 Å². The first-order chi connectivity index (χ1) is 8.94. The van der Waals surface area contributed by atoms with E-state index in [9.17, 15) is 18.0 Å². The van der Waals surface area contributed by atoms with Gasteiger partial charge >= 0.3 is 6.36 Å². The van der Waals surface area contributed by atoms with E-state index in [0.29, 0.717) is 12.2 Å². The Morgan fingerprint density at radius 1 is 1.30 bits per heavy atom. The van der Waals surface area contributed by atoms with Gasteiger partial charge in [0.2, 0.25) is 5.91 Å². The van der Waals surface area contributed by atoms with Crippen molar-refractivity contribution in [3.8, 4) is 5.75 Å². The third-order valence-corrected chi connectivity index (χ3v) is 2.79. The molecule has 1 atom stereocenters. The molecular weight excluding hydrogens is 297 g/mol. The lowest BCUT2D eigenvalue weighted by molar-refractivity contribution is -0.274. The van der Waals surface area contributed by atoms with Crippen molar-refractivity contribution >= 4 is 24.0 Å². The van der Waals surface area contributed by atoms with E-state index in [2.05, 4.69) is 15.4 Å². The van der Waals surface area contributed by atoms with E-state index in [1.165, 1.54) is 12.1 Å². The van der Waals surface area contributed by atoms with Crippen LogP contribution < -0.4 is 15.4 Å². The van der Waals surface area contributed by atoms with Crippen LogP contribution in [0.2, 0.25) is 0 Å². The Morgan fingerprint density at radius 2 is 1.95 bits per heavy atom. The van der Waals surface area contributed by atoms with Crippen LogP contribution in [-0.4, -0.2) is 25.4 Å². The minimum atomic E-state index is -4.71. The van der Waals surface area contributed by atoms with E-state index < -0.39 is 6.36 Å². The van der Waals surface area contributed by atoms with Gasteiger partial charge in [-0.3, -0.25) is 4.79 Å². The monoisotopic (exact) mass is 310 g/mol. The number of hydrogen-bond donors (Lipinski definition) is 2. The summed E-state index contributed by atoms with van der Waals surface area (Å²) >= 11 is 0. The Balaban J connectivity index is 0.00000200. The molecule has 0 bridgehead atoms. The number of anilines is 1. The first kappa shape index (κ1) is 16.6. The molecule has 1 unspecified atom stereocenters. The van der Waals surface area contributed by atoms with Crippen molar-refractivity contribution in [3.63, 3.8) is 0 Å². The molecule has 1 aliphatic heterocycles. The highest BCUT2D eigenvalue weighted by molar-refractivity contribution is 5.92. The number of benzene rings is 1. The highest BCUT2D eigenvalue weighted by Gasteiger charge is 2.31. The maximum absolute atomic E-state index is 12.0. The maximum Gasteiger partial charge on any atom is 0.573 e. The normalized spacial score (nSPS) is 18.2. The number of nitrogens with one attached hydrogen (secondary N) is 2. The van der Waals surface area contributed by atoms with Gasteiger partial charge < -0.3 is 15.4 Å². The lowest BCUT2D eigenvalue weighted by Gasteiger charge is -2.11. The second kappa shape index (κ2) is 6.81. The number of alkyl halides is 3. The Kier molecular flexibility index (Phi) is 5.64. The van der Waals surface area contributed by atoms with Gasteiger partial charge in [-0.1, -0.05) is 0 Å². The molecule has 1 saturated heterocycles. The zero-order valence-corrected chi connectivity index (χ0v) is 11.2. The van der Waals surface area contributed by atoms with Crippen LogP contribution in [0.1, 0.15) is 6.42 Å². The first-order valence-corrected chi connectivity index (χ1v) is 5.81. The maximum atomic E-state index is 12.0. The Morgan fingerprint density at radius 3 is 2.45 bits per heavy atom. The van der Waals surface area contributed by atoms with Crippen LogP contribution in [-0.2, 0) is 4.79 Å². The summed E-state index contributed by atoms with van der Waals surface area (Å²) in [7, 11) is 0. The zero-order chi connectivity index (χ0) is 13.9. The molecule has 0 aliphatic carbocycles. The van der Waals surface area contributed by atoms with Gasteiger partial charge in [0.25, 0.3) is 0 Å². The predicted molar refractivity (Wildman–Crippen MR) is 70.0 cm³/mol. The van der Waals surface area contributed by atoms with Gasteiger partial charge in [0.05, 0.1) is 5.92 Å². The molecule has 2 rings (SSSR count). The molecule has 1 heterocycles. The third-order valence-electron chi connectivity index (χ3n) is 2.79. The zero-order valence-electron chi connectivity index (χ0n) is 10.4. The van der Waals surface area contributed by atoms with E-state index in [1.54, 1.807) is 0 Å². The average Bonchev–Trinajstić information content (AvgIpc) is 2.83. The third kappa shape index (κ3) is 4.90. The fraction of sp³-hybridized carbons (Fsp3) is 0.417. The van der Waals surface area contributed by atoms with Crippen molar-refractivity contribution in [1.82, 2.24) is 5.32 Å². The van der Waals surface area contributed by atoms with Crippen LogP contribution in [0.4, 0.5) is 18.9 Å². The van der Waals surface area contributed by atoms with E-state index in [-0.39, 0.29) is 30.0 Å². The number of rotatable bonds is 3. The van der Waals surface area contributed by atoms with Crippen molar-refractivity contribution in [2.45, 2.75) is 12.8 Å². The van der Waals surface area contributed by atoms with Crippen LogP contribution in [0.5, 0.6) is 5.75 Å². The number of hydrogen-bond acceptors (Lipinski definition) is 3. The van der Waals surface area contributed by atoms with Gasteiger partial charge in [-0.15, -0.1) is 25.6 Å². The largest absolute Gasteiger partial charge is 0.573 e. The molecule has 1 aromatic rings. The average molecular weight is 311 g/mol. The highest BCUT2D eigenvalue weighted by atomic mass is 35.5. The SMILES string of the molecule is Cl.O=C(Nc1ccc(OC(F)(F)F)cc1)C1CCNC1. The molecule has 112 valence electrons. The summed E-state index contributed by atoms with van der Waals surface area (Å²) in [6.07, 6.45) is -3.94. The summed E-state index contributed by atoms with van der Waals surface area (Å²) in [6.45, 7) is 1.43. The Labute approximate surface area is 120 Å². The molecule has 8 heteroatoms. The number of halogens is 4. The fourth-order valence-electron chi connectivity index (χ4n) is 1.86. The van der Waals surface area contributed by atoms with E-state index in [1.807, 2.05) is 0 Å². The summed E-state index contributed by atoms with van der Waals surface area (Å²) in [4.78, 5) is 11.8. The molecule has 4 nitrogen and oxygen atoms in total. The molecule has 2 N–H and O–H groups in total. The second-order valence-electron chi connectivity index (χ2n) is 4.25. The van der Waals surface area contributed by atoms with E-state index in [0.717, 1.165) is 25.1 Å². The minimum Gasteiger partial charge on any atom is -0.406 e. The fourth-order valence-corrected chi connectivity index (χ4v) is 1.86. The molecule has 1 fully saturated rings. The quantitative estimate of drug-likeness (QED) is 0.902. The highest BCUT2D eigenvalue weighted by Crippen LogP contribution is 2.24. The summed E-state index contributed by atoms with van der Waals surface area (Å²) in [6, 6.07) is 5.08. The van der Waals surface area contributed by atoms with Crippen LogP contribution in [0.25, 0.3) is 0 Å². The lowest BCUT2D eigenvalue weighted by Crippen LogP contribution is -2.24. The summed E-state index contributed by atoms with van der Waals surface area (Å²) in [5, 5.41) is 5.73. The number of ether oxygens (including phenoxy) is 1. The van der Waals surface area contributed by atoms with Gasteiger partial charge in [0.15, 0.2) is 0 Å². The van der Waals surface area contributed by atoms with Gasteiger partial charge in [-0.05, 0) is 37.2 Å². The van der Waals surface area contributed by atoms with Gasteiger partial charge in [0, 0.05) is 12.2 Å². The second-order valence-corrected chi connectivity index (χ2v) is 4.25. The van der Waals surface area contributed by atoms with Crippen molar-refractivity contribution in [3.05, 3.63) is 24.3 Å². The van der Waals surface area contributed by atoms with E-state index >= 15 is 0 Å². The number of amides is 1. The van der Waals surface area contributed by atoms with Crippen molar-refractivity contribution in [1.29, 1.82) is 0 Å². The standard InChI is InChI=1S/C12H13F3N2O2.ClH/c13-12(14,15)19-10-3-1-9(2-4-10)17-11(18)8-5-6-16-7-8;/h1-4,8,16H,5-7H2,(H,17,18);1H. The van der Waals surface area contributed by atoms with Gasteiger partial charge in [-0.2, -0.15) is 0 Å². The molecule has 0 saturated carbocycles. The van der Waals surface area contributed by atoms with Gasteiger partial charge in [0.1, 0.15) is 5.75 Å². The van der Waals surface area contributed by atoms with Crippen molar-refractivity contribution in [2.75, 3.05) is 18.4 Å². The van der Waals surface area contributed by atoms with Crippen LogP contribution in [0, 0.1) is 5.92 Å². The number of carbonyl (C=O) groups excluding carboxylic acids is 1. The van der Waals surface area contributed by atoms with E-state index in [4.69, 9.17) is 0 Å². The molecule has 1 aromatic carbocycles. The minimum absolute atomic E-state index is 0. The summed E-state index contributed by atoms with van der Waals surface area (Å²) < 4.78 is 39.6.